The molecule has 4 heteroatoms. The van der Waals surface area contributed by atoms with Gasteiger partial charge in [-0.3, -0.25) is 4.79 Å². The molecule has 0 radical (unpaired) electrons. The molecule has 0 unspecified atom stereocenters. The standard InChI is InChI=1S/C10H18O4/c1-9(2,3)6-13-8(12)10(4,5)14-7-11/h7H,6H2,1-5H3. The average molecular weight is 202 g/mol. The Labute approximate surface area is 84.6 Å². The van der Waals surface area contributed by atoms with Crippen molar-refractivity contribution in [2.45, 2.75) is 40.2 Å². The number of hydrogen-bond acceptors (Lipinski definition) is 4. The van der Waals surface area contributed by atoms with Gasteiger partial charge in [-0.05, 0) is 19.3 Å². The van der Waals surface area contributed by atoms with Crippen molar-refractivity contribution in [1.82, 2.24) is 0 Å². The van der Waals surface area contributed by atoms with Gasteiger partial charge in [-0.25, -0.2) is 4.79 Å². The Bertz CT molecular complexity index is 213. The van der Waals surface area contributed by atoms with Crippen LogP contribution in [0, 0.1) is 5.41 Å². The summed E-state index contributed by atoms with van der Waals surface area (Å²) in [5.41, 5.74) is -1.29. The molecule has 0 saturated carbocycles. The molecule has 0 rings (SSSR count). The SMILES string of the molecule is CC(C)(C)COC(=O)C(C)(C)OC=O. The lowest BCUT2D eigenvalue weighted by Gasteiger charge is -2.24. The molecule has 0 aliphatic carbocycles. The van der Waals surface area contributed by atoms with Gasteiger partial charge in [0.1, 0.15) is 0 Å². The number of rotatable bonds is 4. The highest BCUT2D eigenvalue weighted by molar-refractivity contribution is 5.79. The lowest BCUT2D eigenvalue weighted by molar-refractivity contribution is -0.173. The van der Waals surface area contributed by atoms with Crippen LogP contribution in [-0.2, 0) is 19.1 Å². The van der Waals surface area contributed by atoms with E-state index in [9.17, 15) is 9.59 Å². The highest BCUT2D eigenvalue weighted by atomic mass is 16.6. The molecule has 0 saturated heterocycles. The number of carbonyl (C=O) groups is 2. The van der Waals surface area contributed by atoms with Gasteiger partial charge in [0.25, 0.3) is 6.47 Å². The largest absolute Gasteiger partial charge is 0.462 e. The molecule has 0 amide bonds. The Morgan fingerprint density at radius 1 is 1.21 bits per heavy atom. The zero-order valence-electron chi connectivity index (χ0n) is 9.42. The first-order valence-corrected chi connectivity index (χ1v) is 4.48. The first-order chi connectivity index (χ1) is 6.19. The molecular formula is C10H18O4. The summed E-state index contributed by atoms with van der Waals surface area (Å²) in [4.78, 5) is 21.5. The molecule has 82 valence electrons. The van der Waals surface area contributed by atoms with E-state index in [-0.39, 0.29) is 11.9 Å². The molecule has 0 aromatic heterocycles. The Balaban J connectivity index is 4.14. The summed E-state index contributed by atoms with van der Waals surface area (Å²) in [7, 11) is 0. The fourth-order valence-corrected chi connectivity index (χ4v) is 0.624. The van der Waals surface area contributed by atoms with E-state index < -0.39 is 11.6 Å². The Morgan fingerprint density at radius 2 is 1.71 bits per heavy atom. The maximum Gasteiger partial charge on any atom is 0.350 e. The fourth-order valence-electron chi connectivity index (χ4n) is 0.624. The fraction of sp³-hybridized carbons (Fsp3) is 0.800. The van der Waals surface area contributed by atoms with E-state index in [0.29, 0.717) is 6.61 Å². The van der Waals surface area contributed by atoms with Crippen LogP contribution in [0.4, 0.5) is 0 Å². The lowest BCUT2D eigenvalue weighted by atomic mass is 9.98. The Hall–Kier alpha value is -1.06. The van der Waals surface area contributed by atoms with Crippen LogP contribution in [0.5, 0.6) is 0 Å². The second kappa shape index (κ2) is 4.44. The zero-order chi connectivity index (χ0) is 11.4. The van der Waals surface area contributed by atoms with Crippen LogP contribution in [0.15, 0.2) is 0 Å². The van der Waals surface area contributed by atoms with Crippen LogP contribution in [0.2, 0.25) is 0 Å². The Morgan fingerprint density at radius 3 is 2.07 bits per heavy atom. The van der Waals surface area contributed by atoms with Crippen LogP contribution >= 0.6 is 0 Å². The molecule has 0 N–H and O–H groups in total. The molecule has 4 nitrogen and oxygen atoms in total. The summed E-state index contributed by atoms with van der Waals surface area (Å²) in [5.74, 6) is -0.528. The van der Waals surface area contributed by atoms with Crippen molar-refractivity contribution < 1.29 is 19.1 Å². The van der Waals surface area contributed by atoms with E-state index in [2.05, 4.69) is 4.74 Å². The number of hydrogen-bond donors (Lipinski definition) is 0. The minimum atomic E-state index is -1.20. The van der Waals surface area contributed by atoms with Gasteiger partial charge in [-0.1, -0.05) is 20.8 Å². The van der Waals surface area contributed by atoms with E-state index in [1.807, 2.05) is 20.8 Å². The normalized spacial score (nSPS) is 12.1. The minimum Gasteiger partial charge on any atom is -0.462 e. The van der Waals surface area contributed by atoms with Crippen molar-refractivity contribution >= 4 is 12.4 Å². The van der Waals surface area contributed by atoms with Gasteiger partial charge in [0.2, 0.25) is 5.60 Å². The summed E-state index contributed by atoms with van der Waals surface area (Å²) in [5, 5.41) is 0. The third-order valence-electron chi connectivity index (χ3n) is 1.47. The summed E-state index contributed by atoms with van der Waals surface area (Å²) < 4.78 is 9.60. The van der Waals surface area contributed by atoms with Crippen LogP contribution in [0.3, 0.4) is 0 Å². The molecule has 0 bridgehead atoms. The molecule has 0 spiro atoms. The van der Waals surface area contributed by atoms with Crippen molar-refractivity contribution in [2.75, 3.05) is 6.61 Å². The molecule has 0 heterocycles. The first-order valence-electron chi connectivity index (χ1n) is 4.48. The summed E-state index contributed by atoms with van der Waals surface area (Å²) in [6, 6.07) is 0. The van der Waals surface area contributed by atoms with Crippen molar-refractivity contribution in [3.63, 3.8) is 0 Å². The summed E-state index contributed by atoms with van der Waals surface area (Å²) in [6.07, 6.45) is 0. The van der Waals surface area contributed by atoms with Crippen LogP contribution < -0.4 is 0 Å². The summed E-state index contributed by atoms with van der Waals surface area (Å²) in [6.45, 7) is 9.39. The van der Waals surface area contributed by atoms with Gasteiger partial charge in [0.05, 0.1) is 6.61 Å². The topological polar surface area (TPSA) is 52.6 Å². The van der Waals surface area contributed by atoms with Gasteiger partial charge >= 0.3 is 5.97 Å². The zero-order valence-corrected chi connectivity index (χ0v) is 9.42. The molecule has 0 aromatic carbocycles. The molecule has 0 aromatic rings. The highest BCUT2D eigenvalue weighted by Crippen LogP contribution is 2.16. The maximum absolute atomic E-state index is 11.4. The second-order valence-corrected chi connectivity index (χ2v) is 4.86. The average Bonchev–Trinajstić information content (AvgIpc) is 1.98. The van der Waals surface area contributed by atoms with Crippen LogP contribution in [0.25, 0.3) is 0 Å². The van der Waals surface area contributed by atoms with Gasteiger partial charge in [-0.15, -0.1) is 0 Å². The number of carbonyl (C=O) groups excluding carboxylic acids is 2. The first kappa shape index (κ1) is 12.9. The predicted octanol–water partition coefficient (Wildman–Crippen LogP) is 1.53. The van der Waals surface area contributed by atoms with Crippen LogP contribution in [-0.4, -0.2) is 24.6 Å². The number of esters is 1. The van der Waals surface area contributed by atoms with Gasteiger partial charge < -0.3 is 9.47 Å². The molecule has 0 aliphatic rings. The van der Waals surface area contributed by atoms with E-state index in [0.717, 1.165) is 0 Å². The molecule has 0 atom stereocenters. The van der Waals surface area contributed by atoms with E-state index in [4.69, 9.17) is 4.74 Å². The van der Waals surface area contributed by atoms with Crippen LogP contribution in [0.1, 0.15) is 34.6 Å². The van der Waals surface area contributed by atoms with Gasteiger partial charge in [0.15, 0.2) is 0 Å². The van der Waals surface area contributed by atoms with Crippen molar-refractivity contribution in [3.8, 4) is 0 Å². The third-order valence-corrected chi connectivity index (χ3v) is 1.47. The maximum atomic E-state index is 11.4. The molecule has 14 heavy (non-hydrogen) atoms. The van der Waals surface area contributed by atoms with E-state index >= 15 is 0 Å². The smallest absolute Gasteiger partial charge is 0.350 e. The minimum absolute atomic E-state index is 0.0904. The molecular weight excluding hydrogens is 184 g/mol. The summed E-state index contributed by atoms with van der Waals surface area (Å²) >= 11 is 0. The van der Waals surface area contributed by atoms with Crippen molar-refractivity contribution in [3.05, 3.63) is 0 Å². The second-order valence-electron chi connectivity index (χ2n) is 4.86. The highest BCUT2D eigenvalue weighted by Gasteiger charge is 2.32. The van der Waals surface area contributed by atoms with Gasteiger partial charge in [-0.2, -0.15) is 0 Å². The lowest BCUT2D eigenvalue weighted by Crippen LogP contribution is -2.37. The monoisotopic (exact) mass is 202 g/mol. The van der Waals surface area contributed by atoms with E-state index in [1.165, 1.54) is 13.8 Å². The molecule has 0 fully saturated rings. The van der Waals surface area contributed by atoms with E-state index in [1.54, 1.807) is 0 Å². The van der Waals surface area contributed by atoms with Crippen molar-refractivity contribution in [2.24, 2.45) is 5.41 Å². The quantitative estimate of drug-likeness (QED) is 0.512. The Kier molecular flexibility index (Phi) is 4.10. The third kappa shape index (κ3) is 4.84. The predicted molar refractivity (Wildman–Crippen MR) is 51.6 cm³/mol. The molecule has 0 aliphatic heterocycles. The number of ether oxygens (including phenoxy) is 2. The van der Waals surface area contributed by atoms with Gasteiger partial charge in [0, 0.05) is 0 Å². The van der Waals surface area contributed by atoms with Crippen molar-refractivity contribution in [1.29, 1.82) is 0 Å².